The summed E-state index contributed by atoms with van der Waals surface area (Å²) in [7, 11) is 1.79. The maximum absolute atomic E-state index is 13.2. The summed E-state index contributed by atoms with van der Waals surface area (Å²) in [5.74, 6) is 0.610. The lowest BCUT2D eigenvalue weighted by Gasteiger charge is -2.18. The second-order valence-corrected chi connectivity index (χ2v) is 6.06. The zero-order valence-corrected chi connectivity index (χ0v) is 18.3. The number of nitrogens with one attached hydrogen (secondary N) is 3. The summed E-state index contributed by atoms with van der Waals surface area (Å²) >= 11 is 0. The molecule has 7 heteroatoms. The molecule has 1 aromatic carbocycles. The zero-order chi connectivity index (χ0) is 18.1. The molecule has 0 aliphatic carbocycles. The maximum Gasteiger partial charge on any atom is 0.190 e. The Balaban J connectivity index is 0.00000338. The minimum absolute atomic E-state index is 0. The average molecular weight is 475 g/mol. The number of nitrogens with zero attached hydrogens (tertiary/aromatic N) is 2. The number of rotatable bonds is 9. The van der Waals surface area contributed by atoms with Gasteiger partial charge in [-0.2, -0.15) is 0 Å². The summed E-state index contributed by atoms with van der Waals surface area (Å²) in [5, 5.41) is 7.76. The smallest absolute Gasteiger partial charge is 0.190 e. The Morgan fingerprint density at radius 2 is 1.92 bits per heavy atom. The van der Waals surface area contributed by atoms with E-state index in [1.54, 1.807) is 7.05 Å². The van der Waals surface area contributed by atoms with E-state index in [-0.39, 0.29) is 29.8 Å². The highest BCUT2D eigenvalue weighted by atomic mass is 127. The van der Waals surface area contributed by atoms with Crippen LogP contribution >= 0.6 is 24.0 Å². The Labute approximate surface area is 172 Å². The Hall–Kier alpha value is -1.35. The van der Waals surface area contributed by atoms with E-state index in [1.807, 2.05) is 12.3 Å². The van der Waals surface area contributed by atoms with Gasteiger partial charge in [-0.25, -0.2) is 4.39 Å². The minimum atomic E-state index is -0.215. The van der Waals surface area contributed by atoms with E-state index in [0.29, 0.717) is 0 Å². The van der Waals surface area contributed by atoms with Crippen molar-refractivity contribution in [1.82, 2.24) is 20.5 Å². The van der Waals surface area contributed by atoms with Gasteiger partial charge in [-0.1, -0.05) is 13.8 Å². The number of guanidine groups is 1. The Kier molecular flexibility index (Phi) is 10.6. The molecule has 0 atom stereocenters. The first-order valence-corrected chi connectivity index (χ1v) is 9.10. The molecule has 0 amide bonds. The SMILES string of the molecule is CCN(CC)CCCNC(=NC)NCCc1c[nH]c2cc(F)ccc12.I. The number of hydrogen-bond acceptors (Lipinski definition) is 2. The lowest BCUT2D eigenvalue weighted by molar-refractivity contribution is 0.300. The summed E-state index contributed by atoms with van der Waals surface area (Å²) < 4.78 is 13.2. The van der Waals surface area contributed by atoms with E-state index in [0.717, 1.165) is 62.4 Å². The molecule has 1 aromatic heterocycles. The zero-order valence-electron chi connectivity index (χ0n) is 15.9. The number of aliphatic imine (C=N–C) groups is 1. The fourth-order valence-electron chi connectivity index (χ4n) is 2.95. The number of halogens is 2. The number of H-pyrrole nitrogens is 1. The molecule has 146 valence electrons. The van der Waals surface area contributed by atoms with Gasteiger partial charge in [-0.05, 0) is 56.2 Å². The van der Waals surface area contributed by atoms with Crippen molar-refractivity contribution in [2.75, 3.05) is 39.8 Å². The predicted molar refractivity (Wildman–Crippen MR) is 119 cm³/mol. The normalized spacial score (nSPS) is 11.7. The van der Waals surface area contributed by atoms with Crippen molar-refractivity contribution in [2.24, 2.45) is 4.99 Å². The van der Waals surface area contributed by atoms with Crippen LogP contribution in [0, 0.1) is 5.82 Å². The molecule has 0 saturated carbocycles. The Morgan fingerprint density at radius 1 is 1.19 bits per heavy atom. The van der Waals surface area contributed by atoms with Gasteiger partial charge in [0.05, 0.1) is 0 Å². The molecule has 0 bridgehead atoms. The lowest BCUT2D eigenvalue weighted by atomic mass is 10.1. The summed E-state index contributed by atoms with van der Waals surface area (Å²) in [6.45, 7) is 9.36. The van der Waals surface area contributed by atoms with Gasteiger partial charge >= 0.3 is 0 Å². The average Bonchev–Trinajstić information content (AvgIpc) is 3.02. The van der Waals surface area contributed by atoms with Crippen LogP contribution in [0.1, 0.15) is 25.8 Å². The summed E-state index contributed by atoms with van der Waals surface area (Å²) in [6.07, 6.45) is 3.90. The van der Waals surface area contributed by atoms with Gasteiger partial charge in [0.15, 0.2) is 5.96 Å². The summed E-state index contributed by atoms with van der Waals surface area (Å²) in [5.41, 5.74) is 2.02. The first-order valence-electron chi connectivity index (χ1n) is 9.10. The van der Waals surface area contributed by atoms with Crippen LogP contribution < -0.4 is 10.6 Å². The number of hydrogen-bond donors (Lipinski definition) is 3. The van der Waals surface area contributed by atoms with Crippen LogP contribution in [-0.4, -0.2) is 55.6 Å². The molecule has 2 rings (SSSR count). The molecule has 3 N–H and O–H groups in total. The van der Waals surface area contributed by atoms with E-state index in [4.69, 9.17) is 0 Å². The van der Waals surface area contributed by atoms with Crippen molar-refractivity contribution in [3.05, 3.63) is 35.8 Å². The third-order valence-electron chi connectivity index (χ3n) is 4.48. The number of fused-ring (bicyclic) bond motifs is 1. The van der Waals surface area contributed by atoms with Crippen LogP contribution in [0.3, 0.4) is 0 Å². The molecule has 0 saturated heterocycles. The standard InChI is InChI=1S/C19H30FN5.HI/c1-4-25(5-2)12-6-10-22-19(21-3)23-11-9-15-14-24-18-13-16(20)7-8-17(15)18;/h7-8,13-14,24H,4-6,9-12H2,1-3H3,(H2,21,22,23);1H. The fourth-order valence-corrected chi connectivity index (χ4v) is 2.95. The van der Waals surface area contributed by atoms with Gasteiger partial charge in [-0.15, -0.1) is 24.0 Å². The van der Waals surface area contributed by atoms with E-state index in [1.165, 1.54) is 17.7 Å². The van der Waals surface area contributed by atoms with Crippen molar-refractivity contribution < 1.29 is 4.39 Å². The van der Waals surface area contributed by atoms with Crippen molar-refractivity contribution in [3.63, 3.8) is 0 Å². The molecule has 1 heterocycles. The second-order valence-electron chi connectivity index (χ2n) is 6.06. The predicted octanol–water partition coefficient (Wildman–Crippen LogP) is 3.36. The quantitative estimate of drug-likeness (QED) is 0.226. The van der Waals surface area contributed by atoms with Crippen molar-refractivity contribution >= 4 is 40.8 Å². The highest BCUT2D eigenvalue weighted by Crippen LogP contribution is 2.19. The van der Waals surface area contributed by atoms with E-state index >= 15 is 0 Å². The highest BCUT2D eigenvalue weighted by Gasteiger charge is 2.05. The van der Waals surface area contributed by atoms with Gasteiger partial charge in [0, 0.05) is 37.2 Å². The second kappa shape index (κ2) is 12.1. The van der Waals surface area contributed by atoms with E-state index in [9.17, 15) is 4.39 Å². The van der Waals surface area contributed by atoms with Crippen LogP contribution in [0.15, 0.2) is 29.4 Å². The molecule has 2 aromatic rings. The van der Waals surface area contributed by atoms with Crippen molar-refractivity contribution in [2.45, 2.75) is 26.7 Å². The summed E-state index contributed by atoms with van der Waals surface area (Å²) in [4.78, 5) is 9.80. The van der Waals surface area contributed by atoms with E-state index in [2.05, 4.69) is 39.4 Å². The molecule has 0 radical (unpaired) electrons. The molecule has 0 fully saturated rings. The molecular formula is C19H31FIN5. The molecule has 0 spiro atoms. The van der Waals surface area contributed by atoms with Gasteiger partial charge in [-0.3, -0.25) is 4.99 Å². The van der Waals surface area contributed by atoms with Gasteiger partial charge < -0.3 is 20.5 Å². The molecule has 5 nitrogen and oxygen atoms in total. The van der Waals surface area contributed by atoms with Crippen LogP contribution in [-0.2, 0) is 6.42 Å². The molecular weight excluding hydrogens is 444 g/mol. The van der Waals surface area contributed by atoms with Gasteiger partial charge in [0.2, 0.25) is 0 Å². The first kappa shape index (κ1) is 22.7. The third kappa shape index (κ3) is 6.75. The van der Waals surface area contributed by atoms with E-state index < -0.39 is 0 Å². The fraction of sp³-hybridized carbons (Fsp3) is 0.526. The molecule has 26 heavy (non-hydrogen) atoms. The van der Waals surface area contributed by atoms with Crippen LogP contribution in [0.25, 0.3) is 10.9 Å². The van der Waals surface area contributed by atoms with Gasteiger partial charge in [0.1, 0.15) is 5.82 Å². The third-order valence-corrected chi connectivity index (χ3v) is 4.48. The number of aromatic nitrogens is 1. The van der Waals surface area contributed by atoms with Gasteiger partial charge in [0.25, 0.3) is 0 Å². The number of benzene rings is 1. The van der Waals surface area contributed by atoms with Crippen molar-refractivity contribution in [1.29, 1.82) is 0 Å². The Bertz CT molecular complexity index is 682. The van der Waals surface area contributed by atoms with Crippen molar-refractivity contribution in [3.8, 4) is 0 Å². The molecule has 0 unspecified atom stereocenters. The maximum atomic E-state index is 13.2. The Morgan fingerprint density at radius 3 is 2.62 bits per heavy atom. The minimum Gasteiger partial charge on any atom is -0.361 e. The van der Waals surface area contributed by atoms with Crippen LogP contribution in [0.2, 0.25) is 0 Å². The highest BCUT2D eigenvalue weighted by molar-refractivity contribution is 14.0. The monoisotopic (exact) mass is 475 g/mol. The van der Waals surface area contributed by atoms with Crippen LogP contribution in [0.5, 0.6) is 0 Å². The van der Waals surface area contributed by atoms with Crippen LogP contribution in [0.4, 0.5) is 4.39 Å². The largest absolute Gasteiger partial charge is 0.361 e. The lowest BCUT2D eigenvalue weighted by Crippen LogP contribution is -2.39. The molecule has 0 aliphatic heterocycles. The topological polar surface area (TPSA) is 55.4 Å². The molecule has 0 aliphatic rings. The first-order chi connectivity index (χ1) is 12.2. The summed E-state index contributed by atoms with van der Waals surface area (Å²) in [6, 6.07) is 4.86. The number of aromatic amines is 1.